The van der Waals surface area contributed by atoms with E-state index in [9.17, 15) is 14.0 Å². The van der Waals surface area contributed by atoms with Gasteiger partial charge in [-0.1, -0.05) is 29.8 Å². The number of benzene rings is 1. The number of nitrogens with one attached hydrogen (secondary N) is 2. The third-order valence-electron chi connectivity index (χ3n) is 3.89. The van der Waals surface area contributed by atoms with E-state index < -0.39 is 17.9 Å². The van der Waals surface area contributed by atoms with Gasteiger partial charge in [0.15, 0.2) is 12.0 Å². The van der Waals surface area contributed by atoms with Crippen molar-refractivity contribution in [1.29, 1.82) is 0 Å². The lowest BCUT2D eigenvalue weighted by atomic mass is 10.0. The van der Waals surface area contributed by atoms with Crippen LogP contribution in [0.15, 0.2) is 44.5 Å². The largest absolute Gasteiger partial charge is 0.350 e. The monoisotopic (exact) mass is 421 g/mol. The van der Waals surface area contributed by atoms with Crippen LogP contribution in [-0.2, 0) is 11.3 Å². The maximum absolute atomic E-state index is 13.6. The van der Waals surface area contributed by atoms with Crippen LogP contribution in [0.1, 0.15) is 25.5 Å². The molecule has 0 saturated carbocycles. The van der Waals surface area contributed by atoms with Crippen LogP contribution >= 0.6 is 15.9 Å². The molecule has 0 bridgehead atoms. The predicted molar refractivity (Wildman–Crippen MR) is 101 cm³/mol. The van der Waals surface area contributed by atoms with Gasteiger partial charge in [-0.2, -0.15) is 5.10 Å². The van der Waals surface area contributed by atoms with Crippen molar-refractivity contribution in [2.45, 2.75) is 32.5 Å². The second-order valence-corrected chi connectivity index (χ2v) is 7.07. The molecule has 136 valence electrons. The normalized spacial score (nSPS) is 16.5. The molecule has 1 aromatic carbocycles. The number of carbonyl (C=O) groups is 1. The summed E-state index contributed by atoms with van der Waals surface area (Å²) in [5.41, 5.74) is 0.337. The van der Waals surface area contributed by atoms with Gasteiger partial charge in [-0.3, -0.25) is 9.59 Å². The molecule has 3 rings (SSSR count). The number of fused-ring (bicyclic) bond motifs is 1. The van der Waals surface area contributed by atoms with Crippen LogP contribution in [0.25, 0.3) is 10.8 Å². The number of halogens is 2. The predicted octanol–water partition coefficient (Wildman–Crippen LogP) is 2.17. The Morgan fingerprint density at radius 3 is 2.88 bits per heavy atom. The Labute approximate surface area is 157 Å². The number of nitrogens with zero attached hydrogens (tertiary/aromatic N) is 3. The van der Waals surface area contributed by atoms with E-state index in [1.165, 1.54) is 6.34 Å². The summed E-state index contributed by atoms with van der Waals surface area (Å²) >= 11 is 3.40. The number of hydrogen-bond donors (Lipinski definition) is 2. The molecule has 9 heteroatoms. The van der Waals surface area contributed by atoms with Crippen molar-refractivity contribution in [2.75, 3.05) is 0 Å². The molecule has 1 unspecified atom stereocenters. The van der Waals surface area contributed by atoms with Crippen molar-refractivity contribution in [3.8, 4) is 0 Å². The Balaban J connectivity index is 1.92. The molecule has 1 aromatic heterocycles. The molecular formula is C17H17BrFN5O2. The molecule has 0 spiro atoms. The highest BCUT2D eigenvalue weighted by molar-refractivity contribution is 9.10. The number of amides is 1. The number of aromatic nitrogens is 2. The van der Waals surface area contributed by atoms with Crippen molar-refractivity contribution in [3.63, 3.8) is 0 Å². The average molecular weight is 422 g/mol. The standard InChI is InChI=1S/C17H17BrFN5O2/c1-9(2)15-12-5-10(18)3-4-11(12)17(26)24(23-15)7-14(25)22-16-13(19)6-20-8-21-16/h3-6,8-9,16H,7H2,1-2H3,(H,20,21)(H,22,25). The molecule has 1 amide bonds. The van der Waals surface area contributed by atoms with E-state index in [-0.39, 0.29) is 18.0 Å². The zero-order valence-electron chi connectivity index (χ0n) is 14.2. The molecule has 2 heterocycles. The summed E-state index contributed by atoms with van der Waals surface area (Å²) in [6.07, 6.45) is 1.29. The van der Waals surface area contributed by atoms with Gasteiger partial charge in [-0.05, 0) is 24.1 Å². The minimum absolute atomic E-state index is 0.0540. The third kappa shape index (κ3) is 3.67. The fraction of sp³-hybridized carbons (Fsp3) is 0.294. The molecule has 2 N–H and O–H groups in total. The maximum Gasteiger partial charge on any atom is 0.275 e. The van der Waals surface area contributed by atoms with Crippen LogP contribution in [0.4, 0.5) is 4.39 Å². The minimum atomic E-state index is -1.00. The Kier molecular flexibility index (Phi) is 5.17. The van der Waals surface area contributed by atoms with E-state index >= 15 is 0 Å². The first-order chi connectivity index (χ1) is 12.4. The summed E-state index contributed by atoms with van der Waals surface area (Å²) in [5.74, 6) is -1.10. The molecule has 1 aliphatic rings. The van der Waals surface area contributed by atoms with Gasteiger partial charge in [0.05, 0.1) is 23.6 Å². The van der Waals surface area contributed by atoms with Gasteiger partial charge in [0.2, 0.25) is 5.91 Å². The Bertz CT molecular complexity index is 983. The van der Waals surface area contributed by atoms with Crippen molar-refractivity contribution >= 4 is 38.9 Å². The van der Waals surface area contributed by atoms with E-state index in [2.05, 4.69) is 36.7 Å². The van der Waals surface area contributed by atoms with E-state index in [4.69, 9.17) is 0 Å². The number of carbonyl (C=O) groups excluding carboxylic acids is 1. The first-order valence-electron chi connectivity index (χ1n) is 7.99. The van der Waals surface area contributed by atoms with Gasteiger partial charge in [-0.25, -0.2) is 14.1 Å². The van der Waals surface area contributed by atoms with Gasteiger partial charge in [0.25, 0.3) is 5.56 Å². The number of rotatable bonds is 4. The van der Waals surface area contributed by atoms with Gasteiger partial charge in [0, 0.05) is 9.86 Å². The van der Waals surface area contributed by atoms with Crippen LogP contribution in [0.3, 0.4) is 0 Å². The molecule has 7 nitrogen and oxygen atoms in total. The average Bonchev–Trinajstić information content (AvgIpc) is 2.59. The SMILES string of the molecule is CC(C)c1nn(CC(=O)NC2NC=NC=C2F)c(=O)c2ccc(Br)cc12. The number of hydrogen-bond acceptors (Lipinski definition) is 5. The Hall–Kier alpha value is -2.55. The first-order valence-corrected chi connectivity index (χ1v) is 8.79. The molecule has 26 heavy (non-hydrogen) atoms. The summed E-state index contributed by atoms with van der Waals surface area (Å²) in [4.78, 5) is 28.5. The summed E-state index contributed by atoms with van der Waals surface area (Å²) in [6, 6.07) is 5.31. The minimum Gasteiger partial charge on any atom is -0.350 e. The molecule has 1 aliphatic heterocycles. The molecule has 0 aliphatic carbocycles. The number of aliphatic imine (C=N–C) groups is 1. The molecule has 0 radical (unpaired) electrons. The lowest BCUT2D eigenvalue weighted by Gasteiger charge is -2.19. The van der Waals surface area contributed by atoms with Crippen LogP contribution in [0.5, 0.6) is 0 Å². The highest BCUT2D eigenvalue weighted by atomic mass is 79.9. The Morgan fingerprint density at radius 2 is 2.19 bits per heavy atom. The highest BCUT2D eigenvalue weighted by Crippen LogP contribution is 2.24. The third-order valence-corrected chi connectivity index (χ3v) is 4.38. The molecule has 0 fully saturated rings. The van der Waals surface area contributed by atoms with E-state index in [1.54, 1.807) is 12.1 Å². The molecule has 0 saturated heterocycles. The maximum atomic E-state index is 13.6. The first kappa shape index (κ1) is 18.2. The molecule has 1 atom stereocenters. The quantitative estimate of drug-likeness (QED) is 0.791. The fourth-order valence-electron chi connectivity index (χ4n) is 2.65. The van der Waals surface area contributed by atoms with Crippen LogP contribution in [-0.4, -0.2) is 28.2 Å². The summed E-state index contributed by atoms with van der Waals surface area (Å²) in [6.45, 7) is 3.61. The van der Waals surface area contributed by atoms with Crippen molar-refractivity contribution in [2.24, 2.45) is 4.99 Å². The lowest BCUT2D eigenvalue weighted by molar-refractivity contribution is -0.122. The van der Waals surface area contributed by atoms with Crippen molar-refractivity contribution in [3.05, 3.63) is 50.7 Å². The fourth-order valence-corrected chi connectivity index (χ4v) is 3.01. The highest BCUT2D eigenvalue weighted by Gasteiger charge is 2.20. The lowest BCUT2D eigenvalue weighted by Crippen LogP contribution is -2.48. The van der Waals surface area contributed by atoms with Crippen molar-refractivity contribution in [1.82, 2.24) is 20.4 Å². The second kappa shape index (κ2) is 7.36. The summed E-state index contributed by atoms with van der Waals surface area (Å²) in [5, 5.41) is 10.6. The zero-order valence-corrected chi connectivity index (χ0v) is 15.7. The zero-order chi connectivity index (χ0) is 18.8. The van der Waals surface area contributed by atoms with Crippen molar-refractivity contribution < 1.29 is 9.18 Å². The van der Waals surface area contributed by atoms with Gasteiger partial charge in [0.1, 0.15) is 6.54 Å². The topological polar surface area (TPSA) is 88.4 Å². The Morgan fingerprint density at radius 1 is 1.42 bits per heavy atom. The van der Waals surface area contributed by atoms with Crippen LogP contribution in [0.2, 0.25) is 0 Å². The van der Waals surface area contributed by atoms with Gasteiger partial charge < -0.3 is 10.6 Å². The van der Waals surface area contributed by atoms with E-state index in [1.807, 2.05) is 19.9 Å². The van der Waals surface area contributed by atoms with Gasteiger partial charge in [-0.15, -0.1) is 0 Å². The van der Waals surface area contributed by atoms with E-state index in [0.29, 0.717) is 11.1 Å². The molecule has 2 aromatic rings. The molecular weight excluding hydrogens is 405 g/mol. The van der Waals surface area contributed by atoms with Gasteiger partial charge >= 0.3 is 0 Å². The van der Waals surface area contributed by atoms with E-state index in [0.717, 1.165) is 20.7 Å². The van der Waals surface area contributed by atoms with Crippen LogP contribution in [0, 0.1) is 0 Å². The summed E-state index contributed by atoms with van der Waals surface area (Å²) < 4.78 is 15.6. The summed E-state index contributed by atoms with van der Waals surface area (Å²) in [7, 11) is 0. The van der Waals surface area contributed by atoms with Crippen LogP contribution < -0.4 is 16.2 Å². The smallest absolute Gasteiger partial charge is 0.275 e. The second-order valence-electron chi connectivity index (χ2n) is 6.15.